The Bertz CT molecular complexity index is 539. The Hall–Kier alpha value is -1.39. The molecular formula is C14H16N2OS. The van der Waals surface area contributed by atoms with Crippen LogP contribution in [-0.2, 0) is 6.42 Å². The fourth-order valence-electron chi connectivity index (χ4n) is 2.60. The number of phenolic OH excluding ortho intramolecular Hbond substituents is 1. The number of hydrogen-bond acceptors (Lipinski definition) is 4. The van der Waals surface area contributed by atoms with Gasteiger partial charge in [-0.05, 0) is 43.0 Å². The van der Waals surface area contributed by atoms with Crippen LogP contribution in [0.5, 0.6) is 5.75 Å². The summed E-state index contributed by atoms with van der Waals surface area (Å²) in [7, 11) is 0. The summed E-state index contributed by atoms with van der Waals surface area (Å²) in [5.41, 5.74) is 2.58. The summed E-state index contributed by atoms with van der Waals surface area (Å²) in [5, 5.41) is 16.2. The molecule has 94 valence electrons. The van der Waals surface area contributed by atoms with E-state index in [-0.39, 0.29) is 6.04 Å². The van der Waals surface area contributed by atoms with E-state index >= 15 is 0 Å². The average Bonchev–Trinajstić information content (AvgIpc) is 2.98. The molecule has 0 bridgehead atoms. The highest BCUT2D eigenvalue weighted by atomic mass is 32.1. The van der Waals surface area contributed by atoms with Crippen molar-refractivity contribution in [3.63, 3.8) is 0 Å². The summed E-state index contributed by atoms with van der Waals surface area (Å²) in [6.07, 6.45) is 3.97. The van der Waals surface area contributed by atoms with Gasteiger partial charge in [0, 0.05) is 17.6 Å². The first-order chi connectivity index (χ1) is 8.74. The number of fused-ring (bicyclic) bond motifs is 1. The summed E-state index contributed by atoms with van der Waals surface area (Å²) < 4.78 is 0. The number of phenols is 1. The van der Waals surface area contributed by atoms with E-state index in [4.69, 9.17) is 0 Å². The molecule has 2 N–H and O–H groups in total. The topological polar surface area (TPSA) is 45.1 Å². The highest BCUT2D eigenvalue weighted by Gasteiger charge is 2.24. The van der Waals surface area contributed by atoms with Crippen molar-refractivity contribution in [1.29, 1.82) is 0 Å². The van der Waals surface area contributed by atoms with E-state index in [0.717, 1.165) is 17.8 Å². The molecule has 18 heavy (non-hydrogen) atoms. The van der Waals surface area contributed by atoms with E-state index in [1.807, 2.05) is 23.7 Å². The zero-order valence-electron chi connectivity index (χ0n) is 10.3. The van der Waals surface area contributed by atoms with Gasteiger partial charge in [-0.2, -0.15) is 0 Å². The molecule has 0 radical (unpaired) electrons. The first-order valence-corrected chi connectivity index (χ1v) is 7.09. The van der Waals surface area contributed by atoms with Crippen molar-refractivity contribution >= 4 is 11.3 Å². The number of rotatable bonds is 3. The lowest BCUT2D eigenvalue weighted by atomic mass is 10.1. The minimum atomic E-state index is 0.273. The lowest BCUT2D eigenvalue weighted by Gasteiger charge is -2.18. The molecule has 2 atom stereocenters. The second-order valence-electron chi connectivity index (χ2n) is 4.73. The number of aromatic nitrogens is 1. The predicted molar refractivity (Wildman–Crippen MR) is 72.8 cm³/mol. The van der Waals surface area contributed by atoms with Crippen molar-refractivity contribution in [1.82, 2.24) is 10.3 Å². The smallest absolute Gasteiger partial charge is 0.115 e. The van der Waals surface area contributed by atoms with Crippen molar-refractivity contribution < 1.29 is 5.11 Å². The zero-order chi connectivity index (χ0) is 12.5. The quantitative estimate of drug-likeness (QED) is 0.891. The van der Waals surface area contributed by atoms with Crippen molar-refractivity contribution in [3.05, 3.63) is 45.9 Å². The number of nitrogens with zero attached hydrogens (tertiary/aromatic N) is 1. The normalized spacial score (nSPS) is 19.7. The Morgan fingerprint density at radius 3 is 3.17 bits per heavy atom. The molecule has 2 aromatic rings. The van der Waals surface area contributed by atoms with Crippen molar-refractivity contribution in [2.75, 3.05) is 0 Å². The van der Waals surface area contributed by atoms with E-state index in [1.54, 1.807) is 17.4 Å². The van der Waals surface area contributed by atoms with Crippen molar-refractivity contribution in [3.8, 4) is 5.75 Å². The fraction of sp³-hybridized carbons (Fsp3) is 0.357. The van der Waals surface area contributed by atoms with Gasteiger partial charge in [0.25, 0.3) is 0 Å². The SMILES string of the molecule is CC(NC1CCc2cc(O)ccc21)c1nccs1. The molecule has 1 aliphatic rings. The molecule has 0 saturated heterocycles. The van der Waals surface area contributed by atoms with E-state index in [1.165, 1.54) is 11.1 Å². The molecule has 0 fully saturated rings. The van der Waals surface area contributed by atoms with Crippen LogP contribution in [0.4, 0.5) is 0 Å². The molecule has 1 aliphatic carbocycles. The average molecular weight is 260 g/mol. The van der Waals surface area contributed by atoms with Crippen LogP contribution in [0, 0.1) is 0 Å². The van der Waals surface area contributed by atoms with Gasteiger partial charge in [0.05, 0.1) is 6.04 Å². The Morgan fingerprint density at radius 1 is 1.50 bits per heavy atom. The summed E-state index contributed by atoms with van der Waals surface area (Å²) in [4.78, 5) is 4.34. The van der Waals surface area contributed by atoms with Crippen LogP contribution in [-0.4, -0.2) is 10.1 Å². The van der Waals surface area contributed by atoms with Crippen LogP contribution >= 0.6 is 11.3 Å². The van der Waals surface area contributed by atoms with Gasteiger partial charge < -0.3 is 10.4 Å². The minimum absolute atomic E-state index is 0.273. The van der Waals surface area contributed by atoms with Crippen molar-refractivity contribution in [2.45, 2.75) is 31.8 Å². The second-order valence-corrected chi connectivity index (χ2v) is 5.66. The number of hydrogen-bond donors (Lipinski definition) is 2. The first kappa shape index (κ1) is 11.7. The third-order valence-electron chi connectivity index (χ3n) is 3.48. The number of nitrogens with one attached hydrogen (secondary N) is 1. The molecule has 4 heteroatoms. The number of benzene rings is 1. The lowest BCUT2D eigenvalue weighted by Crippen LogP contribution is -2.22. The summed E-state index contributed by atoms with van der Waals surface area (Å²) in [6.45, 7) is 2.15. The third kappa shape index (κ3) is 2.13. The number of aryl methyl sites for hydroxylation is 1. The first-order valence-electron chi connectivity index (χ1n) is 6.21. The van der Waals surface area contributed by atoms with E-state index in [2.05, 4.69) is 17.2 Å². The fourth-order valence-corrected chi connectivity index (χ4v) is 3.25. The van der Waals surface area contributed by atoms with Crippen LogP contribution in [0.15, 0.2) is 29.8 Å². The van der Waals surface area contributed by atoms with Gasteiger partial charge >= 0.3 is 0 Å². The summed E-state index contributed by atoms with van der Waals surface area (Å²) in [5.74, 6) is 0.363. The second kappa shape index (κ2) is 4.71. The van der Waals surface area contributed by atoms with Gasteiger partial charge in [-0.25, -0.2) is 4.98 Å². The molecule has 2 unspecified atom stereocenters. The van der Waals surface area contributed by atoms with Gasteiger partial charge in [-0.15, -0.1) is 11.3 Å². The largest absolute Gasteiger partial charge is 0.508 e. The standard InChI is InChI=1S/C14H16N2OS/c1-9(14-15-6-7-18-14)16-13-5-2-10-8-11(17)3-4-12(10)13/h3-4,6-9,13,16-17H,2,5H2,1H3. The Balaban J connectivity index is 1.77. The highest BCUT2D eigenvalue weighted by Crippen LogP contribution is 2.34. The Kier molecular flexibility index (Phi) is 3.06. The molecule has 0 amide bonds. The van der Waals surface area contributed by atoms with Gasteiger partial charge in [0.2, 0.25) is 0 Å². The maximum absolute atomic E-state index is 9.49. The maximum Gasteiger partial charge on any atom is 0.115 e. The summed E-state index contributed by atoms with van der Waals surface area (Å²) >= 11 is 1.68. The van der Waals surface area contributed by atoms with E-state index in [9.17, 15) is 5.11 Å². The molecule has 1 aromatic carbocycles. The summed E-state index contributed by atoms with van der Waals surface area (Å²) in [6, 6.07) is 6.33. The lowest BCUT2D eigenvalue weighted by molar-refractivity contribution is 0.463. The van der Waals surface area contributed by atoms with Gasteiger partial charge in [0.15, 0.2) is 0 Å². The molecule has 1 aromatic heterocycles. The molecular weight excluding hydrogens is 244 g/mol. The molecule has 0 aliphatic heterocycles. The van der Waals surface area contributed by atoms with Gasteiger partial charge in [-0.1, -0.05) is 6.07 Å². The molecule has 1 heterocycles. The molecule has 0 spiro atoms. The van der Waals surface area contributed by atoms with E-state index in [0.29, 0.717) is 11.8 Å². The van der Waals surface area contributed by atoms with Crippen LogP contribution in [0.2, 0.25) is 0 Å². The highest BCUT2D eigenvalue weighted by molar-refractivity contribution is 7.09. The van der Waals surface area contributed by atoms with Crippen LogP contribution < -0.4 is 5.32 Å². The Labute approximate surface area is 111 Å². The van der Waals surface area contributed by atoms with Gasteiger partial charge in [0.1, 0.15) is 10.8 Å². The molecule has 0 saturated carbocycles. The van der Waals surface area contributed by atoms with Crippen molar-refractivity contribution in [2.24, 2.45) is 0 Å². The maximum atomic E-state index is 9.49. The monoisotopic (exact) mass is 260 g/mol. The number of aromatic hydroxyl groups is 1. The predicted octanol–water partition coefficient (Wildman–Crippen LogP) is 3.19. The van der Waals surface area contributed by atoms with E-state index < -0.39 is 0 Å². The molecule has 3 nitrogen and oxygen atoms in total. The molecule has 3 rings (SSSR count). The zero-order valence-corrected chi connectivity index (χ0v) is 11.1. The van der Waals surface area contributed by atoms with Gasteiger partial charge in [-0.3, -0.25) is 0 Å². The Morgan fingerprint density at radius 2 is 2.39 bits per heavy atom. The van der Waals surface area contributed by atoms with Crippen LogP contribution in [0.1, 0.15) is 41.6 Å². The van der Waals surface area contributed by atoms with Crippen LogP contribution in [0.3, 0.4) is 0 Å². The number of thiazole rings is 1. The third-order valence-corrected chi connectivity index (χ3v) is 4.44. The minimum Gasteiger partial charge on any atom is -0.508 e. The van der Waals surface area contributed by atoms with Crippen LogP contribution in [0.25, 0.3) is 0 Å².